The summed E-state index contributed by atoms with van der Waals surface area (Å²) in [4.78, 5) is 0. The van der Waals surface area contributed by atoms with Gasteiger partial charge in [0, 0.05) is 12.0 Å². The largest absolute Gasteiger partial charge is 0.542 e. The second-order valence-corrected chi connectivity index (χ2v) is 9.12. The predicted molar refractivity (Wildman–Crippen MR) is 92.6 cm³/mol. The van der Waals surface area contributed by atoms with Gasteiger partial charge in [0.05, 0.1) is 0 Å². The van der Waals surface area contributed by atoms with Crippen LogP contribution in [0.5, 0.6) is 17.2 Å². The first-order chi connectivity index (χ1) is 10.3. The highest BCUT2D eigenvalue weighted by molar-refractivity contribution is 6.49. The van der Waals surface area contributed by atoms with Crippen molar-refractivity contribution in [1.29, 1.82) is 0 Å². The average Bonchev–Trinajstić information content (AvgIpc) is 2.43. The van der Waals surface area contributed by atoms with Crippen LogP contribution in [0.15, 0.2) is 36.4 Å². The van der Waals surface area contributed by atoms with Gasteiger partial charge in [-0.15, -0.1) is 0 Å². The van der Waals surface area contributed by atoms with E-state index >= 15 is 0 Å². The Hall–Kier alpha value is -1.74. The number of ether oxygens (including phenoxy) is 1. The van der Waals surface area contributed by atoms with Crippen LogP contribution in [-0.2, 0) is 11.8 Å². The van der Waals surface area contributed by atoms with Gasteiger partial charge in [0.1, 0.15) is 17.2 Å². The molecular weight excluding hydrogens is 288 g/mol. The molecule has 2 aromatic carbocycles. The molecule has 0 aliphatic carbocycles. The van der Waals surface area contributed by atoms with Crippen LogP contribution in [0.3, 0.4) is 0 Å². The third-order valence-electron chi connectivity index (χ3n) is 3.91. The van der Waals surface area contributed by atoms with Crippen LogP contribution < -0.4 is 9.16 Å². The number of para-hydroxylation sites is 1. The van der Waals surface area contributed by atoms with Crippen LogP contribution >= 0.6 is 0 Å². The highest BCUT2D eigenvalue weighted by Crippen LogP contribution is 2.43. The van der Waals surface area contributed by atoms with Crippen LogP contribution in [0, 0.1) is 0 Å². The zero-order valence-corrected chi connectivity index (χ0v) is 15.0. The van der Waals surface area contributed by atoms with Crippen molar-refractivity contribution in [1.82, 2.24) is 0 Å². The van der Waals surface area contributed by atoms with Crippen LogP contribution in [0.2, 0.25) is 13.1 Å². The van der Waals surface area contributed by atoms with Gasteiger partial charge >= 0.3 is 0 Å². The summed E-state index contributed by atoms with van der Waals surface area (Å²) in [6.07, 6.45) is 0.875. The van der Waals surface area contributed by atoms with E-state index in [1.165, 1.54) is 16.7 Å². The lowest BCUT2D eigenvalue weighted by Crippen LogP contribution is -2.17. The molecule has 2 aromatic rings. The van der Waals surface area contributed by atoms with E-state index in [1.54, 1.807) is 0 Å². The molecule has 3 rings (SSSR count). The average molecular weight is 311 g/mol. The van der Waals surface area contributed by atoms with E-state index in [2.05, 4.69) is 58.1 Å². The van der Waals surface area contributed by atoms with Crippen molar-refractivity contribution in [2.75, 3.05) is 0 Å². The first-order valence-corrected chi connectivity index (χ1v) is 10.2. The second-order valence-electron chi connectivity index (χ2n) is 7.10. The maximum Gasteiger partial charge on any atom is 0.274 e. The van der Waals surface area contributed by atoms with Crippen molar-refractivity contribution in [3.63, 3.8) is 0 Å². The Labute approximate surface area is 134 Å². The minimum atomic E-state index is -0.813. The monoisotopic (exact) mass is 311 g/mol. The van der Waals surface area contributed by atoms with Gasteiger partial charge in [0.15, 0.2) is 0 Å². The summed E-state index contributed by atoms with van der Waals surface area (Å²) in [6.45, 7) is 11.0. The lowest BCUT2D eigenvalue weighted by Gasteiger charge is -2.27. The van der Waals surface area contributed by atoms with Gasteiger partial charge in [-0.1, -0.05) is 39.0 Å². The molecule has 2 nitrogen and oxygen atoms in total. The van der Waals surface area contributed by atoms with Gasteiger partial charge in [-0.05, 0) is 47.8 Å². The van der Waals surface area contributed by atoms with E-state index in [1.807, 2.05) is 12.1 Å². The number of hydrogen-bond donors (Lipinski definition) is 0. The summed E-state index contributed by atoms with van der Waals surface area (Å²) in [7, 11) is -0.813. The summed E-state index contributed by atoms with van der Waals surface area (Å²) in [5.41, 5.74) is 3.73. The molecule has 1 aliphatic heterocycles. The SMILES string of the molecule is C[Si](C)Oc1cc(C(C)(C)C)cc2c1Cc1ccccc1O2. The van der Waals surface area contributed by atoms with Gasteiger partial charge in [0.2, 0.25) is 0 Å². The summed E-state index contributed by atoms with van der Waals surface area (Å²) < 4.78 is 12.4. The van der Waals surface area contributed by atoms with Crippen LogP contribution in [0.25, 0.3) is 0 Å². The molecule has 0 amide bonds. The van der Waals surface area contributed by atoms with Crippen LogP contribution in [0.4, 0.5) is 0 Å². The maximum atomic E-state index is 6.19. The van der Waals surface area contributed by atoms with E-state index in [0.717, 1.165) is 23.7 Å². The standard InChI is InChI=1S/C19H23O2Si/c1-19(2,3)14-11-17-15(18(12-14)21-22(4)5)10-13-8-6-7-9-16(13)20-17/h6-9,11-12H,10H2,1-5H3. The normalized spacial score (nSPS) is 13.4. The summed E-state index contributed by atoms with van der Waals surface area (Å²) in [5, 5.41) is 0. The lowest BCUT2D eigenvalue weighted by atomic mass is 9.85. The van der Waals surface area contributed by atoms with Crippen molar-refractivity contribution in [3.05, 3.63) is 53.1 Å². The molecule has 1 heterocycles. The van der Waals surface area contributed by atoms with E-state index < -0.39 is 9.04 Å². The Morgan fingerprint density at radius 1 is 1.05 bits per heavy atom. The third kappa shape index (κ3) is 2.91. The molecule has 0 atom stereocenters. The second kappa shape index (κ2) is 5.47. The Balaban J connectivity index is 2.11. The predicted octanol–water partition coefficient (Wildman–Crippen LogP) is 5.31. The fourth-order valence-electron chi connectivity index (χ4n) is 2.69. The molecule has 1 radical (unpaired) electrons. The molecule has 0 N–H and O–H groups in total. The maximum absolute atomic E-state index is 6.19. The Morgan fingerprint density at radius 2 is 1.77 bits per heavy atom. The molecule has 1 aliphatic rings. The molecule has 0 saturated heterocycles. The van der Waals surface area contributed by atoms with Crippen molar-refractivity contribution in [2.24, 2.45) is 0 Å². The van der Waals surface area contributed by atoms with Gasteiger partial charge in [-0.2, -0.15) is 0 Å². The zero-order chi connectivity index (χ0) is 15.9. The van der Waals surface area contributed by atoms with Crippen molar-refractivity contribution >= 4 is 9.04 Å². The lowest BCUT2D eigenvalue weighted by molar-refractivity contribution is 0.447. The molecule has 0 aromatic heterocycles. The van der Waals surface area contributed by atoms with E-state index in [-0.39, 0.29) is 5.41 Å². The van der Waals surface area contributed by atoms with Crippen LogP contribution in [-0.4, -0.2) is 9.04 Å². The molecule has 0 fully saturated rings. The molecule has 0 spiro atoms. The van der Waals surface area contributed by atoms with Crippen molar-refractivity contribution in [3.8, 4) is 17.2 Å². The van der Waals surface area contributed by atoms with E-state index in [9.17, 15) is 0 Å². The minimum Gasteiger partial charge on any atom is -0.542 e. The molecule has 0 unspecified atom stereocenters. The number of hydrogen-bond acceptors (Lipinski definition) is 2. The first kappa shape index (κ1) is 15.2. The number of benzene rings is 2. The fourth-order valence-corrected chi connectivity index (χ4v) is 3.31. The van der Waals surface area contributed by atoms with Gasteiger partial charge in [-0.3, -0.25) is 0 Å². The Kier molecular flexibility index (Phi) is 3.77. The highest BCUT2D eigenvalue weighted by atomic mass is 28.3. The fraction of sp³-hybridized carbons (Fsp3) is 0.368. The third-order valence-corrected chi connectivity index (χ3v) is 4.54. The van der Waals surface area contributed by atoms with Gasteiger partial charge in [-0.25, -0.2) is 0 Å². The molecular formula is C19H23O2Si. The number of rotatable bonds is 2. The quantitative estimate of drug-likeness (QED) is 0.597. The molecule has 0 saturated carbocycles. The summed E-state index contributed by atoms with van der Waals surface area (Å²) in [6, 6.07) is 12.6. The van der Waals surface area contributed by atoms with Crippen LogP contribution in [0.1, 0.15) is 37.5 Å². The van der Waals surface area contributed by atoms with Gasteiger partial charge < -0.3 is 9.16 Å². The minimum absolute atomic E-state index is 0.0713. The number of fused-ring (bicyclic) bond motifs is 2. The summed E-state index contributed by atoms with van der Waals surface area (Å²) in [5.74, 6) is 2.91. The molecule has 0 bridgehead atoms. The van der Waals surface area contributed by atoms with E-state index in [4.69, 9.17) is 9.16 Å². The molecule has 3 heteroatoms. The molecule has 115 valence electrons. The smallest absolute Gasteiger partial charge is 0.274 e. The van der Waals surface area contributed by atoms with Gasteiger partial charge in [0.25, 0.3) is 9.04 Å². The van der Waals surface area contributed by atoms with E-state index in [0.29, 0.717) is 0 Å². The highest BCUT2D eigenvalue weighted by Gasteiger charge is 2.25. The molecule has 22 heavy (non-hydrogen) atoms. The first-order valence-electron chi connectivity index (χ1n) is 7.76. The summed E-state index contributed by atoms with van der Waals surface area (Å²) >= 11 is 0. The van der Waals surface area contributed by atoms with Crippen molar-refractivity contribution in [2.45, 2.75) is 45.7 Å². The van der Waals surface area contributed by atoms with Crippen molar-refractivity contribution < 1.29 is 9.16 Å². The zero-order valence-electron chi connectivity index (χ0n) is 14.0. The topological polar surface area (TPSA) is 18.5 Å². The Bertz CT molecular complexity index is 699. The Morgan fingerprint density at radius 3 is 2.45 bits per heavy atom.